The van der Waals surface area contributed by atoms with Gasteiger partial charge in [-0.1, -0.05) is 18.2 Å². The monoisotopic (exact) mass is 286 g/mol. The fourth-order valence-electron chi connectivity index (χ4n) is 1.96. The lowest BCUT2D eigenvalue weighted by Crippen LogP contribution is -2.11. The average Bonchev–Trinajstić information content (AvgIpc) is 2.79. The summed E-state index contributed by atoms with van der Waals surface area (Å²) in [7, 11) is 0. The summed E-state index contributed by atoms with van der Waals surface area (Å²) in [5.74, 6) is -0.625. The number of nitrogens with one attached hydrogen (secondary N) is 1. The van der Waals surface area contributed by atoms with Crippen molar-refractivity contribution >= 4 is 38.7 Å². The number of nitrogen functional groups attached to an aromatic ring is 1. The van der Waals surface area contributed by atoms with E-state index in [4.69, 9.17) is 5.73 Å². The molecule has 5 heteroatoms. The SMILES string of the molecule is Nc1c(C(=O)Nc2ccc(F)cc2)sc2ccccc12. The zero-order chi connectivity index (χ0) is 14.1. The highest BCUT2D eigenvalue weighted by atomic mass is 32.1. The van der Waals surface area contributed by atoms with Crippen LogP contribution in [0.4, 0.5) is 15.8 Å². The summed E-state index contributed by atoms with van der Waals surface area (Å²) in [5, 5.41) is 3.59. The molecule has 1 heterocycles. The largest absolute Gasteiger partial charge is 0.397 e. The van der Waals surface area contributed by atoms with Gasteiger partial charge in [0.15, 0.2) is 0 Å². The van der Waals surface area contributed by atoms with Gasteiger partial charge in [-0.25, -0.2) is 4.39 Å². The van der Waals surface area contributed by atoms with Crippen LogP contribution in [-0.4, -0.2) is 5.91 Å². The van der Waals surface area contributed by atoms with Crippen LogP contribution in [0.3, 0.4) is 0 Å². The Hall–Kier alpha value is -2.40. The highest BCUT2D eigenvalue weighted by molar-refractivity contribution is 7.21. The Morgan fingerprint density at radius 3 is 2.50 bits per heavy atom. The minimum atomic E-state index is -0.343. The maximum absolute atomic E-state index is 12.8. The van der Waals surface area contributed by atoms with Crippen LogP contribution in [0.1, 0.15) is 9.67 Å². The van der Waals surface area contributed by atoms with Crippen LogP contribution < -0.4 is 11.1 Å². The van der Waals surface area contributed by atoms with Gasteiger partial charge in [0.05, 0.1) is 5.69 Å². The lowest BCUT2D eigenvalue weighted by atomic mass is 10.2. The summed E-state index contributed by atoms with van der Waals surface area (Å²) < 4.78 is 13.8. The van der Waals surface area contributed by atoms with Crippen LogP contribution in [-0.2, 0) is 0 Å². The van der Waals surface area contributed by atoms with E-state index < -0.39 is 0 Å². The molecular formula is C15H11FN2OS. The van der Waals surface area contributed by atoms with Crippen molar-refractivity contribution in [2.45, 2.75) is 0 Å². The summed E-state index contributed by atoms with van der Waals surface area (Å²) in [6.45, 7) is 0. The first-order valence-electron chi connectivity index (χ1n) is 5.99. The van der Waals surface area contributed by atoms with E-state index in [-0.39, 0.29) is 11.7 Å². The Morgan fingerprint density at radius 2 is 1.80 bits per heavy atom. The lowest BCUT2D eigenvalue weighted by molar-refractivity contribution is 0.103. The quantitative estimate of drug-likeness (QED) is 0.751. The minimum absolute atomic E-state index is 0.282. The van der Waals surface area contributed by atoms with Crippen molar-refractivity contribution < 1.29 is 9.18 Å². The third-order valence-corrected chi connectivity index (χ3v) is 4.13. The van der Waals surface area contributed by atoms with Crippen molar-refractivity contribution in [3.63, 3.8) is 0 Å². The molecule has 3 N–H and O–H groups in total. The molecule has 0 saturated carbocycles. The second-order valence-corrected chi connectivity index (χ2v) is 5.35. The fourth-order valence-corrected chi connectivity index (χ4v) is 2.97. The Labute approximate surface area is 118 Å². The molecule has 3 aromatic rings. The van der Waals surface area contributed by atoms with E-state index in [2.05, 4.69) is 5.32 Å². The number of hydrogen-bond donors (Lipinski definition) is 2. The first kappa shape index (κ1) is 12.6. The third-order valence-electron chi connectivity index (χ3n) is 2.94. The van der Waals surface area contributed by atoms with Gasteiger partial charge in [0.2, 0.25) is 0 Å². The van der Waals surface area contributed by atoms with Gasteiger partial charge in [0.1, 0.15) is 10.7 Å². The number of thiophene rings is 1. The lowest BCUT2D eigenvalue weighted by Gasteiger charge is -2.04. The van der Waals surface area contributed by atoms with Crippen LogP contribution >= 0.6 is 11.3 Å². The number of benzene rings is 2. The molecule has 0 atom stereocenters. The molecule has 100 valence electrons. The molecule has 1 aromatic heterocycles. The van der Waals surface area contributed by atoms with Gasteiger partial charge < -0.3 is 11.1 Å². The molecule has 0 aliphatic carbocycles. The smallest absolute Gasteiger partial charge is 0.267 e. The number of amides is 1. The summed E-state index contributed by atoms with van der Waals surface area (Å²) in [6, 6.07) is 13.2. The number of rotatable bonds is 2. The number of anilines is 2. The predicted molar refractivity (Wildman–Crippen MR) is 80.6 cm³/mol. The van der Waals surface area contributed by atoms with Gasteiger partial charge in [0.25, 0.3) is 5.91 Å². The van der Waals surface area contributed by atoms with Crippen LogP contribution in [0.15, 0.2) is 48.5 Å². The minimum Gasteiger partial charge on any atom is -0.397 e. The molecule has 0 spiro atoms. The second kappa shape index (κ2) is 4.94. The Balaban J connectivity index is 1.92. The molecule has 2 aromatic carbocycles. The van der Waals surface area contributed by atoms with Gasteiger partial charge >= 0.3 is 0 Å². The number of carbonyl (C=O) groups is 1. The zero-order valence-electron chi connectivity index (χ0n) is 10.4. The van der Waals surface area contributed by atoms with E-state index in [1.807, 2.05) is 24.3 Å². The topological polar surface area (TPSA) is 55.1 Å². The van der Waals surface area contributed by atoms with Crippen molar-refractivity contribution in [3.05, 3.63) is 59.2 Å². The molecule has 0 unspecified atom stereocenters. The van der Waals surface area contributed by atoms with Crippen molar-refractivity contribution in [3.8, 4) is 0 Å². The van der Waals surface area contributed by atoms with Crippen molar-refractivity contribution in [1.29, 1.82) is 0 Å². The molecule has 0 aliphatic heterocycles. The van der Waals surface area contributed by atoms with Gasteiger partial charge in [-0.15, -0.1) is 11.3 Å². The summed E-state index contributed by atoms with van der Waals surface area (Å²) in [4.78, 5) is 12.7. The maximum Gasteiger partial charge on any atom is 0.267 e. The number of carbonyl (C=O) groups excluding carboxylic acids is 1. The highest BCUT2D eigenvalue weighted by Crippen LogP contribution is 2.33. The number of halogens is 1. The molecule has 3 rings (SSSR count). The molecule has 0 radical (unpaired) electrons. The van der Waals surface area contributed by atoms with E-state index in [0.717, 1.165) is 10.1 Å². The average molecular weight is 286 g/mol. The van der Waals surface area contributed by atoms with Gasteiger partial charge in [0, 0.05) is 15.8 Å². The van der Waals surface area contributed by atoms with E-state index in [9.17, 15) is 9.18 Å². The maximum atomic E-state index is 12.8. The zero-order valence-corrected chi connectivity index (χ0v) is 11.2. The van der Waals surface area contributed by atoms with Crippen molar-refractivity contribution in [2.24, 2.45) is 0 Å². The van der Waals surface area contributed by atoms with Crippen LogP contribution in [0.2, 0.25) is 0 Å². The highest BCUT2D eigenvalue weighted by Gasteiger charge is 2.16. The van der Waals surface area contributed by atoms with Gasteiger partial charge in [-0.3, -0.25) is 4.79 Å². The number of nitrogens with two attached hydrogens (primary N) is 1. The molecule has 0 bridgehead atoms. The second-order valence-electron chi connectivity index (χ2n) is 4.30. The normalized spacial score (nSPS) is 10.7. The standard InChI is InChI=1S/C15H11FN2OS/c16-9-5-7-10(8-6-9)18-15(19)14-13(17)11-3-1-2-4-12(11)20-14/h1-8H,17H2,(H,18,19). The first-order valence-corrected chi connectivity index (χ1v) is 6.81. The number of hydrogen-bond acceptors (Lipinski definition) is 3. The van der Waals surface area contributed by atoms with Crippen LogP contribution in [0.25, 0.3) is 10.1 Å². The Bertz CT molecular complexity index is 780. The van der Waals surface area contributed by atoms with Gasteiger partial charge in [-0.05, 0) is 30.3 Å². The molecular weight excluding hydrogens is 275 g/mol. The predicted octanol–water partition coefficient (Wildman–Crippen LogP) is 3.87. The van der Waals surface area contributed by atoms with E-state index in [0.29, 0.717) is 16.3 Å². The summed E-state index contributed by atoms with van der Waals surface area (Å²) in [6.07, 6.45) is 0. The molecule has 0 aliphatic rings. The number of fused-ring (bicyclic) bond motifs is 1. The first-order chi connectivity index (χ1) is 9.65. The molecule has 1 amide bonds. The molecule has 0 saturated heterocycles. The van der Waals surface area contributed by atoms with Crippen molar-refractivity contribution in [2.75, 3.05) is 11.1 Å². The van der Waals surface area contributed by atoms with Crippen molar-refractivity contribution in [1.82, 2.24) is 0 Å². The van der Waals surface area contributed by atoms with Crippen LogP contribution in [0, 0.1) is 5.82 Å². The Kier molecular flexibility index (Phi) is 3.12. The van der Waals surface area contributed by atoms with E-state index in [1.54, 1.807) is 0 Å². The molecule has 0 fully saturated rings. The molecule has 20 heavy (non-hydrogen) atoms. The Morgan fingerprint density at radius 1 is 1.10 bits per heavy atom. The summed E-state index contributed by atoms with van der Waals surface area (Å²) >= 11 is 1.34. The fraction of sp³-hybridized carbons (Fsp3) is 0. The van der Waals surface area contributed by atoms with Crippen LogP contribution in [0.5, 0.6) is 0 Å². The summed E-state index contributed by atoms with van der Waals surface area (Å²) in [5.41, 5.74) is 7.02. The van der Waals surface area contributed by atoms with E-state index >= 15 is 0 Å². The van der Waals surface area contributed by atoms with E-state index in [1.165, 1.54) is 35.6 Å². The third kappa shape index (κ3) is 2.23. The van der Waals surface area contributed by atoms with Gasteiger partial charge in [-0.2, -0.15) is 0 Å². The molecule has 3 nitrogen and oxygen atoms in total.